The monoisotopic (exact) mass is 230 g/mol. The minimum absolute atomic E-state index is 0.351. The van der Waals surface area contributed by atoms with Gasteiger partial charge in [0.25, 0.3) is 0 Å². The molecule has 4 heteroatoms. The summed E-state index contributed by atoms with van der Waals surface area (Å²) in [6.07, 6.45) is 0.920. The van der Waals surface area contributed by atoms with Crippen LogP contribution in [0.2, 0.25) is 0 Å². The van der Waals surface area contributed by atoms with E-state index in [0.717, 1.165) is 23.9 Å². The Balaban J connectivity index is 2.27. The Morgan fingerprint density at radius 3 is 3.06 bits per heavy atom. The van der Waals surface area contributed by atoms with E-state index in [1.807, 2.05) is 6.07 Å². The van der Waals surface area contributed by atoms with Crippen LogP contribution >= 0.6 is 0 Å². The van der Waals surface area contributed by atoms with E-state index < -0.39 is 5.97 Å². The summed E-state index contributed by atoms with van der Waals surface area (Å²) < 4.78 is 0. The second-order valence-electron chi connectivity index (χ2n) is 4.60. The van der Waals surface area contributed by atoms with E-state index >= 15 is 0 Å². The quantitative estimate of drug-likeness (QED) is 0.701. The molecule has 17 heavy (non-hydrogen) atoms. The Bertz CT molecular complexity index is 601. The fourth-order valence-corrected chi connectivity index (χ4v) is 2.54. The molecule has 1 aromatic heterocycles. The van der Waals surface area contributed by atoms with Crippen LogP contribution in [0.15, 0.2) is 18.2 Å². The Morgan fingerprint density at radius 1 is 1.47 bits per heavy atom. The third kappa shape index (κ3) is 1.52. The minimum atomic E-state index is -0.879. The van der Waals surface area contributed by atoms with Crippen molar-refractivity contribution < 1.29 is 9.90 Å². The lowest BCUT2D eigenvalue weighted by Crippen LogP contribution is -2.32. The molecule has 0 saturated carbocycles. The van der Waals surface area contributed by atoms with Crippen LogP contribution < -0.4 is 5.32 Å². The molecule has 3 rings (SSSR count). The van der Waals surface area contributed by atoms with Crippen LogP contribution in [-0.4, -0.2) is 22.1 Å². The molecule has 0 radical (unpaired) electrons. The number of aromatic nitrogens is 1. The Hall–Kier alpha value is -1.81. The largest absolute Gasteiger partial charge is 0.478 e. The van der Waals surface area contributed by atoms with Gasteiger partial charge in [-0.3, -0.25) is 0 Å². The van der Waals surface area contributed by atoms with E-state index in [4.69, 9.17) is 5.11 Å². The lowest BCUT2D eigenvalue weighted by Gasteiger charge is -2.20. The third-order valence-electron chi connectivity index (χ3n) is 3.40. The smallest absolute Gasteiger partial charge is 0.337 e. The number of aromatic amines is 1. The minimum Gasteiger partial charge on any atom is -0.478 e. The lowest BCUT2D eigenvalue weighted by atomic mass is 10.0. The van der Waals surface area contributed by atoms with Crippen molar-refractivity contribution in [2.75, 3.05) is 0 Å². The van der Waals surface area contributed by atoms with E-state index in [0.29, 0.717) is 11.6 Å². The van der Waals surface area contributed by atoms with Gasteiger partial charge in [0.05, 0.1) is 11.1 Å². The van der Waals surface area contributed by atoms with Gasteiger partial charge < -0.3 is 15.4 Å². The van der Waals surface area contributed by atoms with Crippen molar-refractivity contribution in [2.24, 2.45) is 0 Å². The van der Waals surface area contributed by atoms with E-state index in [-0.39, 0.29) is 0 Å². The predicted octanol–water partition coefficient (Wildman–Crippen LogP) is 1.90. The highest BCUT2D eigenvalue weighted by atomic mass is 16.4. The van der Waals surface area contributed by atoms with Gasteiger partial charge in [-0.1, -0.05) is 12.1 Å². The second kappa shape index (κ2) is 3.60. The standard InChI is InChI=1S/C13H14N2O2/c1-7-5-11-10(6-14-7)8-3-2-4-9(13(16)17)12(8)15-11/h2-4,7,14-15H,5-6H2,1H3,(H,16,17). The molecule has 1 atom stereocenters. The highest BCUT2D eigenvalue weighted by Crippen LogP contribution is 2.28. The first kappa shape index (κ1) is 10.4. The van der Waals surface area contributed by atoms with Crippen LogP contribution in [-0.2, 0) is 13.0 Å². The molecule has 1 aliphatic heterocycles. The maximum Gasteiger partial charge on any atom is 0.337 e. The van der Waals surface area contributed by atoms with Crippen LogP contribution in [0.3, 0.4) is 0 Å². The molecular formula is C13H14N2O2. The molecule has 0 bridgehead atoms. The van der Waals surface area contributed by atoms with Gasteiger partial charge in [-0.2, -0.15) is 0 Å². The van der Waals surface area contributed by atoms with Gasteiger partial charge in [0, 0.05) is 30.1 Å². The maximum absolute atomic E-state index is 11.2. The van der Waals surface area contributed by atoms with Crippen molar-refractivity contribution in [3.05, 3.63) is 35.0 Å². The molecule has 88 valence electrons. The van der Waals surface area contributed by atoms with Crippen molar-refractivity contribution in [3.8, 4) is 0 Å². The molecule has 0 spiro atoms. The average Bonchev–Trinajstić information content (AvgIpc) is 2.65. The summed E-state index contributed by atoms with van der Waals surface area (Å²) >= 11 is 0. The third-order valence-corrected chi connectivity index (χ3v) is 3.40. The SMILES string of the molecule is CC1Cc2[nH]c3c(C(=O)O)cccc3c2CN1. The molecule has 0 amide bonds. The summed E-state index contributed by atoms with van der Waals surface area (Å²) in [6.45, 7) is 2.94. The normalized spacial score (nSPS) is 19.2. The first-order chi connectivity index (χ1) is 8.16. The number of carbonyl (C=O) groups is 1. The fraction of sp³-hybridized carbons (Fsp3) is 0.308. The van der Waals surface area contributed by atoms with Gasteiger partial charge in [0.1, 0.15) is 0 Å². The summed E-state index contributed by atoms with van der Waals surface area (Å²) in [6, 6.07) is 5.86. The molecule has 3 N–H and O–H groups in total. The van der Waals surface area contributed by atoms with Crippen LogP contribution in [0.1, 0.15) is 28.5 Å². The van der Waals surface area contributed by atoms with E-state index in [1.165, 1.54) is 11.3 Å². The van der Waals surface area contributed by atoms with Crippen molar-refractivity contribution in [1.82, 2.24) is 10.3 Å². The topological polar surface area (TPSA) is 65.1 Å². The van der Waals surface area contributed by atoms with Crippen LogP contribution in [0.4, 0.5) is 0 Å². The first-order valence-electron chi connectivity index (χ1n) is 5.76. The Morgan fingerprint density at radius 2 is 2.29 bits per heavy atom. The van der Waals surface area contributed by atoms with Gasteiger partial charge in [0.2, 0.25) is 0 Å². The molecule has 4 nitrogen and oxygen atoms in total. The Kier molecular flexibility index (Phi) is 2.19. The van der Waals surface area contributed by atoms with E-state index in [9.17, 15) is 4.79 Å². The number of H-pyrrole nitrogens is 1. The number of carboxylic acid groups (broad SMARTS) is 1. The maximum atomic E-state index is 11.2. The number of carboxylic acids is 1. The summed E-state index contributed by atoms with van der Waals surface area (Å²) in [5.74, 6) is -0.879. The summed E-state index contributed by atoms with van der Waals surface area (Å²) in [5.41, 5.74) is 3.48. The van der Waals surface area contributed by atoms with Gasteiger partial charge in [-0.15, -0.1) is 0 Å². The zero-order valence-electron chi connectivity index (χ0n) is 9.58. The molecule has 0 saturated heterocycles. The second-order valence-corrected chi connectivity index (χ2v) is 4.60. The average molecular weight is 230 g/mol. The predicted molar refractivity (Wildman–Crippen MR) is 65.3 cm³/mol. The molecule has 1 aromatic carbocycles. The fourth-order valence-electron chi connectivity index (χ4n) is 2.54. The van der Waals surface area contributed by atoms with Crippen LogP contribution in [0.5, 0.6) is 0 Å². The lowest BCUT2D eigenvalue weighted by molar-refractivity contribution is 0.0699. The zero-order valence-corrected chi connectivity index (χ0v) is 9.58. The van der Waals surface area contributed by atoms with Crippen LogP contribution in [0.25, 0.3) is 10.9 Å². The number of para-hydroxylation sites is 1. The van der Waals surface area contributed by atoms with Gasteiger partial charge in [0.15, 0.2) is 0 Å². The molecule has 1 aliphatic rings. The molecular weight excluding hydrogens is 216 g/mol. The first-order valence-corrected chi connectivity index (χ1v) is 5.76. The number of aromatic carboxylic acids is 1. The number of rotatable bonds is 1. The summed E-state index contributed by atoms with van der Waals surface area (Å²) in [4.78, 5) is 14.4. The van der Waals surface area contributed by atoms with Crippen LogP contribution in [0, 0.1) is 0 Å². The van der Waals surface area contributed by atoms with Crippen molar-refractivity contribution in [2.45, 2.75) is 25.9 Å². The van der Waals surface area contributed by atoms with Crippen molar-refractivity contribution in [1.29, 1.82) is 0 Å². The highest BCUT2D eigenvalue weighted by molar-refractivity contribution is 6.03. The van der Waals surface area contributed by atoms with Crippen molar-refractivity contribution in [3.63, 3.8) is 0 Å². The molecule has 0 fully saturated rings. The number of fused-ring (bicyclic) bond motifs is 3. The van der Waals surface area contributed by atoms with E-state index in [2.05, 4.69) is 17.2 Å². The molecule has 2 aromatic rings. The summed E-state index contributed by atoms with van der Waals surface area (Å²) in [5, 5.41) is 13.6. The van der Waals surface area contributed by atoms with Crippen molar-refractivity contribution >= 4 is 16.9 Å². The number of hydrogen-bond donors (Lipinski definition) is 3. The molecule has 0 aliphatic carbocycles. The Labute approximate surface area is 98.6 Å². The van der Waals surface area contributed by atoms with Gasteiger partial charge in [-0.05, 0) is 18.6 Å². The highest BCUT2D eigenvalue weighted by Gasteiger charge is 2.21. The summed E-state index contributed by atoms with van der Waals surface area (Å²) in [7, 11) is 0. The number of benzene rings is 1. The number of hydrogen-bond acceptors (Lipinski definition) is 2. The van der Waals surface area contributed by atoms with Gasteiger partial charge in [-0.25, -0.2) is 4.79 Å². The molecule has 2 heterocycles. The van der Waals surface area contributed by atoms with Gasteiger partial charge >= 0.3 is 5.97 Å². The van der Waals surface area contributed by atoms with E-state index in [1.54, 1.807) is 12.1 Å². The number of nitrogens with one attached hydrogen (secondary N) is 2. The zero-order chi connectivity index (χ0) is 12.0. The molecule has 1 unspecified atom stereocenters.